The molecule has 0 saturated carbocycles. The van der Waals surface area contributed by atoms with E-state index >= 15 is 0 Å². The average molecular weight is 444 g/mol. The predicted molar refractivity (Wildman–Crippen MR) is 119 cm³/mol. The number of piperidine rings is 1. The van der Waals surface area contributed by atoms with Gasteiger partial charge in [-0.3, -0.25) is 14.6 Å². The van der Waals surface area contributed by atoms with Crippen LogP contribution >= 0.6 is 11.6 Å². The van der Waals surface area contributed by atoms with Crippen molar-refractivity contribution in [1.29, 1.82) is 0 Å². The topological polar surface area (TPSA) is 112 Å². The van der Waals surface area contributed by atoms with E-state index < -0.39 is 0 Å². The molecule has 2 aliphatic heterocycles. The van der Waals surface area contributed by atoms with Crippen molar-refractivity contribution in [2.75, 3.05) is 43.4 Å². The van der Waals surface area contributed by atoms with Crippen LogP contribution < -0.4 is 16.0 Å². The molecule has 4 rings (SSSR count). The van der Waals surface area contributed by atoms with Crippen LogP contribution in [0.5, 0.6) is 0 Å². The third-order valence-electron chi connectivity index (χ3n) is 5.54. The minimum Gasteiger partial charge on any atom is -0.367 e. The highest BCUT2D eigenvalue weighted by molar-refractivity contribution is 6.33. The van der Waals surface area contributed by atoms with E-state index in [1.165, 1.54) is 6.20 Å². The summed E-state index contributed by atoms with van der Waals surface area (Å²) in [4.78, 5) is 39.2. The maximum Gasteiger partial charge on any atom is 0.229 e. The Hall–Kier alpha value is -2.78. The number of carbonyl (C=O) groups excluding carboxylic acids is 2. The minimum atomic E-state index is -0.0653. The fourth-order valence-electron chi connectivity index (χ4n) is 3.85. The Kier molecular flexibility index (Phi) is 6.93. The van der Waals surface area contributed by atoms with Crippen molar-refractivity contribution in [3.8, 4) is 11.3 Å². The normalized spacial score (nSPS) is 18.8. The Morgan fingerprint density at radius 3 is 2.94 bits per heavy atom. The average Bonchev–Trinajstić information content (AvgIpc) is 3.20. The van der Waals surface area contributed by atoms with Crippen molar-refractivity contribution in [3.05, 3.63) is 29.7 Å². The molecule has 2 saturated heterocycles. The lowest BCUT2D eigenvalue weighted by atomic mass is 9.99. The Morgan fingerprint density at radius 2 is 2.16 bits per heavy atom. The molecule has 0 aliphatic carbocycles. The van der Waals surface area contributed by atoms with Crippen LogP contribution in [0.25, 0.3) is 11.3 Å². The van der Waals surface area contributed by atoms with Gasteiger partial charge in [0.15, 0.2) is 0 Å². The molecular weight excluding hydrogens is 418 g/mol. The molecule has 2 aromatic heterocycles. The highest BCUT2D eigenvalue weighted by atomic mass is 35.5. The number of aromatic nitrogens is 3. The lowest BCUT2D eigenvalue weighted by Gasteiger charge is -2.21. The third kappa shape index (κ3) is 5.48. The summed E-state index contributed by atoms with van der Waals surface area (Å²) in [7, 11) is 0. The van der Waals surface area contributed by atoms with Crippen LogP contribution in [-0.2, 0) is 9.59 Å². The molecule has 0 spiro atoms. The van der Waals surface area contributed by atoms with Gasteiger partial charge in [-0.15, -0.1) is 0 Å². The largest absolute Gasteiger partial charge is 0.367 e. The molecule has 10 heteroatoms. The predicted octanol–water partition coefficient (Wildman–Crippen LogP) is 2.16. The smallest absolute Gasteiger partial charge is 0.229 e. The summed E-state index contributed by atoms with van der Waals surface area (Å²) in [6.07, 6.45) is 8.15. The fourth-order valence-corrected chi connectivity index (χ4v) is 4.05. The van der Waals surface area contributed by atoms with Gasteiger partial charge in [-0.25, -0.2) is 9.97 Å². The molecule has 2 amide bonds. The van der Waals surface area contributed by atoms with E-state index in [1.807, 2.05) is 4.90 Å². The van der Waals surface area contributed by atoms with Crippen LogP contribution in [0.1, 0.15) is 25.7 Å². The van der Waals surface area contributed by atoms with Crippen LogP contribution in [0.2, 0.25) is 5.02 Å². The van der Waals surface area contributed by atoms with Crippen molar-refractivity contribution < 1.29 is 9.59 Å². The van der Waals surface area contributed by atoms with Gasteiger partial charge in [0.2, 0.25) is 11.8 Å². The van der Waals surface area contributed by atoms with Gasteiger partial charge in [-0.05, 0) is 31.9 Å². The number of nitrogens with zero attached hydrogens (tertiary/aromatic N) is 4. The zero-order valence-electron chi connectivity index (χ0n) is 17.2. The van der Waals surface area contributed by atoms with Gasteiger partial charge in [0, 0.05) is 44.4 Å². The number of amides is 2. The fraction of sp³-hybridized carbons (Fsp3) is 0.476. The Labute approximate surface area is 186 Å². The number of rotatable bonds is 7. The number of hydrogen-bond donors (Lipinski definition) is 3. The number of nitrogens with one attached hydrogen (secondary N) is 3. The standard InChI is InChI=1S/C21H26ClN7O2/c22-16-11-26-18(28-21(31)14-3-1-5-23-10-14)9-15(16)17-12-24-13-19(27-17)25-6-8-29-7-2-4-20(29)30/h9,11-14,23H,1-8,10H2,(H,25,27)(H,26,28,31). The van der Waals surface area contributed by atoms with E-state index in [1.54, 1.807) is 18.5 Å². The summed E-state index contributed by atoms with van der Waals surface area (Å²) in [5.41, 5.74) is 1.21. The lowest BCUT2D eigenvalue weighted by Crippen LogP contribution is -2.37. The van der Waals surface area contributed by atoms with Crippen LogP contribution in [0.15, 0.2) is 24.7 Å². The molecule has 0 bridgehead atoms. The van der Waals surface area contributed by atoms with E-state index in [0.717, 1.165) is 32.4 Å². The molecule has 164 valence electrons. The SMILES string of the molecule is O=C(Nc1cc(-c2cncc(NCCN3CCCC3=O)n2)c(Cl)cn1)C1CCCNC1. The molecular formula is C21H26ClN7O2. The third-order valence-corrected chi connectivity index (χ3v) is 5.85. The molecule has 2 aromatic rings. The van der Waals surface area contributed by atoms with E-state index in [4.69, 9.17) is 11.6 Å². The van der Waals surface area contributed by atoms with Gasteiger partial charge >= 0.3 is 0 Å². The highest BCUT2D eigenvalue weighted by Crippen LogP contribution is 2.28. The van der Waals surface area contributed by atoms with Crippen LogP contribution in [0.3, 0.4) is 0 Å². The summed E-state index contributed by atoms with van der Waals surface area (Å²) in [6.45, 7) is 3.65. The monoisotopic (exact) mass is 443 g/mol. The number of halogens is 1. The van der Waals surface area contributed by atoms with Gasteiger partial charge in [-0.2, -0.15) is 0 Å². The quantitative estimate of drug-likeness (QED) is 0.601. The highest BCUT2D eigenvalue weighted by Gasteiger charge is 2.22. The number of likely N-dealkylation sites (tertiary alicyclic amines) is 1. The van der Waals surface area contributed by atoms with Gasteiger partial charge < -0.3 is 20.9 Å². The van der Waals surface area contributed by atoms with E-state index in [9.17, 15) is 9.59 Å². The van der Waals surface area contributed by atoms with Crippen molar-refractivity contribution in [1.82, 2.24) is 25.2 Å². The molecule has 0 aromatic carbocycles. The molecule has 4 heterocycles. The van der Waals surface area contributed by atoms with Crippen LogP contribution in [0.4, 0.5) is 11.6 Å². The molecule has 2 aliphatic rings. The summed E-state index contributed by atoms with van der Waals surface area (Å²) in [5, 5.41) is 9.76. The summed E-state index contributed by atoms with van der Waals surface area (Å²) >= 11 is 6.36. The molecule has 0 radical (unpaired) electrons. The second-order valence-corrected chi connectivity index (χ2v) is 8.19. The number of carbonyl (C=O) groups is 2. The van der Waals surface area contributed by atoms with Crippen molar-refractivity contribution >= 4 is 35.1 Å². The first-order valence-electron chi connectivity index (χ1n) is 10.6. The second-order valence-electron chi connectivity index (χ2n) is 7.78. The number of anilines is 2. The first-order valence-corrected chi connectivity index (χ1v) is 11.0. The van der Waals surface area contributed by atoms with Gasteiger partial charge in [0.25, 0.3) is 0 Å². The molecule has 3 N–H and O–H groups in total. The van der Waals surface area contributed by atoms with Crippen molar-refractivity contribution in [2.45, 2.75) is 25.7 Å². The first kappa shape index (κ1) is 21.5. The summed E-state index contributed by atoms with van der Waals surface area (Å²) in [5.74, 6) is 1.11. The van der Waals surface area contributed by atoms with Gasteiger partial charge in [-0.1, -0.05) is 11.6 Å². The van der Waals surface area contributed by atoms with E-state index in [0.29, 0.717) is 54.0 Å². The Morgan fingerprint density at radius 1 is 1.26 bits per heavy atom. The summed E-state index contributed by atoms with van der Waals surface area (Å²) < 4.78 is 0. The zero-order valence-corrected chi connectivity index (χ0v) is 18.0. The van der Waals surface area contributed by atoms with E-state index in [2.05, 4.69) is 30.9 Å². The molecule has 1 atom stereocenters. The molecule has 2 fully saturated rings. The number of pyridine rings is 1. The Balaban J connectivity index is 1.42. The van der Waals surface area contributed by atoms with Gasteiger partial charge in [0.1, 0.15) is 11.6 Å². The summed E-state index contributed by atoms with van der Waals surface area (Å²) in [6, 6.07) is 1.72. The van der Waals surface area contributed by atoms with Gasteiger partial charge in [0.05, 0.1) is 29.0 Å². The maximum atomic E-state index is 12.5. The first-order chi connectivity index (χ1) is 15.1. The van der Waals surface area contributed by atoms with Crippen LogP contribution in [-0.4, -0.2) is 64.4 Å². The lowest BCUT2D eigenvalue weighted by molar-refractivity contribution is -0.127. The minimum absolute atomic E-state index is 0.0501. The Bertz CT molecular complexity index is 949. The second kappa shape index (κ2) is 10.0. The molecule has 1 unspecified atom stereocenters. The van der Waals surface area contributed by atoms with Crippen LogP contribution in [0, 0.1) is 5.92 Å². The molecule has 9 nitrogen and oxygen atoms in total. The molecule has 31 heavy (non-hydrogen) atoms. The number of hydrogen-bond acceptors (Lipinski definition) is 7. The van der Waals surface area contributed by atoms with Crippen molar-refractivity contribution in [3.63, 3.8) is 0 Å². The maximum absolute atomic E-state index is 12.5. The van der Waals surface area contributed by atoms with E-state index in [-0.39, 0.29) is 17.7 Å². The zero-order chi connectivity index (χ0) is 21.6. The van der Waals surface area contributed by atoms with Crippen molar-refractivity contribution in [2.24, 2.45) is 5.92 Å².